The monoisotopic (exact) mass is 444 g/mol. The average Bonchev–Trinajstić information content (AvgIpc) is 3.19. The summed E-state index contributed by atoms with van der Waals surface area (Å²) >= 11 is 0. The number of benzene rings is 4. The number of nitrogens with zero attached hydrogens (tertiary/aromatic N) is 1. The van der Waals surface area contributed by atoms with Crippen molar-refractivity contribution in [1.82, 2.24) is 9.97 Å². The molecule has 0 aliphatic rings. The van der Waals surface area contributed by atoms with E-state index in [9.17, 15) is 18.1 Å². The fourth-order valence-corrected chi connectivity index (χ4v) is 4.47. The average molecular weight is 445 g/mol. The minimum absolute atomic E-state index is 0.261. The van der Waals surface area contributed by atoms with E-state index in [1.807, 2.05) is 18.2 Å². The molecule has 0 saturated heterocycles. The van der Waals surface area contributed by atoms with Crippen molar-refractivity contribution in [3.8, 4) is 28.3 Å². The Kier molecular flexibility index (Phi) is 4.54. The molecule has 7 heteroatoms. The van der Waals surface area contributed by atoms with Gasteiger partial charge in [-0.3, -0.25) is 4.55 Å². The largest absolute Gasteiger partial charge is 0.507 e. The summed E-state index contributed by atoms with van der Waals surface area (Å²) in [5, 5.41) is 11.4. The van der Waals surface area contributed by atoms with Gasteiger partial charge in [0.25, 0.3) is 10.1 Å². The number of aryl methyl sites for hydroxylation is 2. The van der Waals surface area contributed by atoms with E-state index in [0.717, 1.165) is 22.8 Å². The van der Waals surface area contributed by atoms with E-state index < -0.39 is 10.1 Å². The molecule has 0 unspecified atom stereocenters. The lowest BCUT2D eigenvalue weighted by Gasteiger charge is -2.07. The second kappa shape index (κ2) is 7.19. The summed E-state index contributed by atoms with van der Waals surface area (Å²) in [6.45, 7) is 4.18. The van der Waals surface area contributed by atoms with Gasteiger partial charge in [-0.25, -0.2) is 4.98 Å². The topological polar surface area (TPSA) is 103 Å². The smallest absolute Gasteiger partial charge is 0.294 e. The van der Waals surface area contributed by atoms with E-state index in [-0.39, 0.29) is 10.6 Å². The number of rotatable bonds is 3. The first-order chi connectivity index (χ1) is 15.2. The van der Waals surface area contributed by atoms with Crippen LogP contribution in [-0.2, 0) is 10.1 Å². The van der Waals surface area contributed by atoms with Crippen molar-refractivity contribution < 1.29 is 18.1 Å². The Labute approximate surface area is 184 Å². The molecule has 0 aliphatic heterocycles. The van der Waals surface area contributed by atoms with Crippen molar-refractivity contribution in [1.29, 1.82) is 0 Å². The Morgan fingerprint density at radius 3 is 2.34 bits per heavy atom. The van der Waals surface area contributed by atoms with Gasteiger partial charge in [0, 0.05) is 11.6 Å². The van der Waals surface area contributed by atoms with Crippen LogP contribution in [0.25, 0.3) is 44.3 Å². The molecule has 0 radical (unpaired) electrons. The molecule has 1 heterocycles. The molecule has 0 aliphatic carbocycles. The quantitative estimate of drug-likeness (QED) is 0.313. The molecule has 5 rings (SSSR count). The molecule has 0 bridgehead atoms. The Morgan fingerprint density at radius 2 is 1.59 bits per heavy atom. The number of phenols is 1. The standard InChI is InChI=1S/C25H20N2O4S/c1-14-6-7-17(10-15(14)2)16-4-3-5-19(11-16)25-26-21-9-8-18-12-20(32(29,30)31)13-22(28)23(18)24(21)27-25/h3-13,28H,1-2H3,(H,26,27)(H,29,30,31). The van der Waals surface area contributed by atoms with Crippen LogP contribution in [0.5, 0.6) is 5.75 Å². The number of phenolic OH excluding ortho intramolecular Hbond substituents is 1. The van der Waals surface area contributed by atoms with Crippen molar-refractivity contribution in [2.45, 2.75) is 18.7 Å². The maximum atomic E-state index is 11.5. The van der Waals surface area contributed by atoms with Crippen LogP contribution < -0.4 is 0 Å². The molecule has 4 aromatic carbocycles. The number of fused-ring (bicyclic) bond motifs is 3. The zero-order chi connectivity index (χ0) is 22.6. The number of hydrogen-bond donors (Lipinski definition) is 3. The second-order valence-corrected chi connectivity index (χ2v) is 9.36. The third kappa shape index (κ3) is 3.41. The number of H-pyrrole nitrogens is 1. The summed E-state index contributed by atoms with van der Waals surface area (Å²) in [7, 11) is -4.43. The molecule has 3 N–H and O–H groups in total. The first-order valence-corrected chi connectivity index (χ1v) is 11.5. The van der Waals surface area contributed by atoms with E-state index >= 15 is 0 Å². The molecule has 0 amide bonds. The predicted molar refractivity (Wildman–Crippen MR) is 125 cm³/mol. The maximum absolute atomic E-state index is 11.5. The van der Waals surface area contributed by atoms with E-state index in [1.165, 1.54) is 17.2 Å². The Balaban J connectivity index is 1.65. The first-order valence-electron chi connectivity index (χ1n) is 10.0. The highest BCUT2D eigenvalue weighted by Crippen LogP contribution is 2.35. The van der Waals surface area contributed by atoms with Gasteiger partial charge in [0.15, 0.2) is 0 Å². The maximum Gasteiger partial charge on any atom is 0.294 e. The van der Waals surface area contributed by atoms with E-state index in [0.29, 0.717) is 27.6 Å². The lowest BCUT2D eigenvalue weighted by molar-refractivity contribution is 0.471. The third-order valence-electron chi connectivity index (χ3n) is 5.79. The highest BCUT2D eigenvalue weighted by molar-refractivity contribution is 7.85. The molecule has 5 aromatic rings. The molecule has 0 saturated carbocycles. The predicted octanol–water partition coefficient (Wildman–Crippen LogP) is 5.62. The van der Waals surface area contributed by atoms with Crippen LogP contribution in [0, 0.1) is 13.8 Å². The number of aromatic hydroxyl groups is 1. The molecule has 32 heavy (non-hydrogen) atoms. The van der Waals surface area contributed by atoms with Crippen molar-refractivity contribution in [3.05, 3.63) is 77.9 Å². The normalized spacial score (nSPS) is 12.0. The van der Waals surface area contributed by atoms with Crippen molar-refractivity contribution in [2.75, 3.05) is 0 Å². The van der Waals surface area contributed by atoms with Crippen LogP contribution in [-0.4, -0.2) is 28.0 Å². The zero-order valence-electron chi connectivity index (χ0n) is 17.4. The summed E-state index contributed by atoms with van der Waals surface area (Å²) in [5.41, 5.74) is 6.77. The summed E-state index contributed by atoms with van der Waals surface area (Å²) in [6, 6.07) is 20.2. The van der Waals surface area contributed by atoms with Crippen LogP contribution in [0.3, 0.4) is 0 Å². The van der Waals surface area contributed by atoms with Gasteiger partial charge in [-0.1, -0.05) is 42.5 Å². The minimum atomic E-state index is -4.43. The number of aromatic amines is 1. The second-order valence-electron chi connectivity index (χ2n) is 7.94. The van der Waals surface area contributed by atoms with Crippen LogP contribution >= 0.6 is 0 Å². The molecular formula is C25H20N2O4S. The van der Waals surface area contributed by atoms with E-state index in [1.54, 1.807) is 12.1 Å². The van der Waals surface area contributed by atoms with Crippen LogP contribution in [0.4, 0.5) is 0 Å². The van der Waals surface area contributed by atoms with Crippen molar-refractivity contribution in [2.24, 2.45) is 0 Å². The zero-order valence-corrected chi connectivity index (χ0v) is 18.2. The number of hydrogen-bond acceptors (Lipinski definition) is 4. The molecule has 1 aromatic heterocycles. The highest BCUT2D eigenvalue weighted by Gasteiger charge is 2.17. The van der Waals surface area contributed by atoms with Gasteiger partial charge in [0.2, 0.25) is 0 Å². The van der Waals surface area contributed by atoms with Crippen LogP contribution in [0.1, 0.15) is 11.1 Å². The molecular weight excluding hydrogens is 424 g/mol. The fraction of sp³-hybridized carbons (Fsp3) is 0.0800. The van der Waals surface area contributed by atoms with Crippen molar-refractivity contribution in [3.63, 3.8) is 0 Å². The summed E-state index contributed by atoms with van der Waals surface area (Å²) < 4.78 is 32.3. The minimum Gasteiger partial charge on any atom is -0.507 e. The van der Waals surface area contributed by atoms with Gasteiger partial charge in [0.05, 0.1) is 15.8 Å². The molecule has 0 atom stereocenters. The van der Waals surface area contributed by atoms with Crippen LogP contribution in [0.15, 0.2) is 71.6 Å². The highest BCUT2D eigenvalue weighted by atomic mass is 32.2. The summed E-state index contributed by atoms with van der Waals surface area (Å²) in [5.74, 6) is 0.374. The summed E-state index contributed by atoms with van der Waals surface area (Å²) in [6.07, 6.45) is 0. The van der Waals surface area contributed by atoms with Gasteiger partial charge in [-0.15, -0.1) is 0 Å². The lowest BCUT2D eigenvalue weighted by Crippen LogP contribution is -1.97. The van der Waals surface area contributed by atoms with Crippen LogP contribution in [0.2, 0.25) is 0 Å². The Bertz CT molecular complexity index is 1640. The van der Waals surface area contributed by atoms with Gasteiger partial charge >= 0.3 is 0 Å². The molecule has 6 nitrogen and oxygen atoms in total. The molecule has 0 fully saturated rings. The number of nitrogens with one attached hydrogen (secondary N) is 1. The van der Waals surface area contributed by atoms with Gasteiger partial charge in [0.1, 0.15) is 17.1 Å². The van der Waals surface area contributed by atoms with E-state index in [2.05, 4.69) is 43.1 Å². The van der Waals surface area contributed by atoms with Crippen molar-refractivity contribution >= 4 is 31.9 Å². The first kappa shape index (κ1) is 20.2. The molecule has 0 spiro atoms. The Morgan fingerprint density at radius 1 is 0.844 bits per heavy atom. The Hall–Kier alpha value is -3.68. The fourth-order valence-electron chi connectivity index (χ4n) is 3.94. The lowest BCUT2D eigenvalue weighted by atomic mass is 9.99. The number of aromatic nitrogens is 2. The van der Waals surface area contributed by atoms with E-state index in [4.69, 9.17) is 4.98 Å². The SMILES string of the molecule is Cc1ccc(-c2cccc(-c3nc4c(ccc5cc(S(=O)(=O)O)cc(O)c54)[nH]3)c2)cc1C. The summed E-state index contributed by atoms with van der Waals surface area (Å²) in [4.78, 5) is 7.63. The molecule has 160 valence electrons. The van der Waals surface area contributed by atoms with Gasteiger partial charge < -0.3 is 10.1 Å². The van der Waals surface area contributed by atoms with Gasteiger partial charge in [-0.2, -0.15) is 8.42 Å². The number of imidazole rings is 1. The third-order valence-corrected chi connectivity index (χ3v) is 6.63. The van der Waals surface area contributed by atoms with Gasteiger partial charge in [-0.05, 0) is 59.7 Å².